The van der Waals surface area contributed by atoms with Gasteiger partial charge in [0, 0.05) is 29.7 Å². The maximum absolute atomic E-state index is 5.86. The average molecular weight is 356 g/mol. The van der Waals surface area contributed by atoms with E-state index < -0.39 is 0 Å². The lowest BCUT2D eigenvalue weighted by Crippen LogP contribution is -2.07. The molecule has 2 heterocycles. The zero-order valence-corrected chi connectivity index (χ0v) is 12.9. The van der Waals surface area contributed by atoms with Crippen LogP contribution in [0.15, 0.2) is 33.5 Å². The van der Waals surface area contributed by atoms with E-state index in [1.165, 1.54) is 6.33 Å². The molecule has 3 rings (SSSR count). The third kappa shape index (κ3) is 2.71. The molecule has 0 unspecified atom stereocenters. The summed E-state index contributed by atoms with van der Waals surface area (Å²) < 4.78 is 8.23. The lowest BCUT2D eigenvalue weighted by molar-refractivity contribution is 0.371. The van der Waals surface area contributed by atoms with E-state index in [1.54, 1.807) is 0 Å². The van der Waals surface area contributed by atoms with Crippen LogP contribution in [0.3, 0.4) is 0 Å². The molecule has 0 aliphatic heterocycles. The smallest absolute Gasteiger partial charge is 0.228 e. The van der Waals surface area contributed by atoms with Crippen LogP contribution < -0.4 is 0 Å². The van der Waals surface area contributed by atoms with Crippen molar-refractivity contribution in [2.75, 3.05) is 5.88 Å². The number of halogens is 2. The monoisotopic (exact) mass is 354 g/mol. The minimum Gasteiger partial charge on any atom is -0.340 e. The SMILES string of the molecule is ClCCc1nc2ccc(Br)cc2n1CCc1ncno1. The van der Waals surface area contributed by atoms with Crippen LogP contribution in [-0.2, 0) is 19.4 Å². The Hall–Kier alpha value is -1.40. The van der Waals surface area contributed by atoms with Crippen molar-refractivity contribution < 1.29 is 4.52 Å². The maximum Gasteiger partial charge on any atom is 0.228 e. The number of imidazole rings is 1. The van der Waals surface area contributed by atoms with Gasteiger partial charge in [0.15, 0.2) is 6.33 Å². The maximum atomic E-state index is 5.86. The van der Waals surface area contributed by atoms with E-state index >= 15 is 0 Å². The zero-order valence-electron chi connectivity index (χ0n) is 10.6. The molecule has 0 saturated carbocycles. The molecule has 0 N–H and O–H groups in total. The summed E-state index contributed by atoms with van der Waals surface area (Å²) in [4.78, 5) is 8.68. The highest BCUT2D eigenvalue weighted by atomic mass is 79.9. The van der Waals surface area contributed by atoms with Gasteiger partial charge in [-0.1, -0.05) is 21.1 Å². The van der Waals surface area contributed by atoms with Crippen molar-refractivity contribution in [3.05, 3.63) is 40.7 Å². The van der Waals surface area contributed by atoms with Crippen molar-refractivity contribution in [2.24, 2.45) is 0 Å². The first kappa shape index (κ1) is 13.6. The highest BCUT2D eigenvalue weighted by molar-refractivity contribution is 9.10. The van der Waals surface area contributed by atoms with E-state index in [-0.39, 0.29) is 0 Å². The van der Waals surface area contributed by atoms with Gasteiger partial charge in [-0.2, -0.15) is 4.98 Å². The number of rotatable bonds is 5. The fraction of sp³-hybridized carbons (Fsp3) is 0.308. The Bertz CT molecular complexity index is 711. The van der Waals surface area contributed by atoms with Crippen LogP contribution in [0.4, 0.5) is 0 Å². The number of fused-ring (bicyclic) bond motifs is 1. The molecule has 0 saturated heterocycles. The molecule has 0 atom stereocenters. The van der Waals surface area contributed by atoms with Crippen molar-refractivity contribution in [1.29, 1.82) is 0 Å². The predicted octanol–water partition coefficient (Wildman–Crippen LogP) is 3.21. The van der Waals surface area contributed by atoms with Crippen LogP contribution in [0.2, 0.25) is 0 Å². The number of nitrogens with zero attached hydrogens (tertiary/aromatic N) is 4. The van der Waals surface area contributed by atoms with E-state index in [9.17, 15) is 0 Å². The molecule has 20 heavy (non-hydrogen) atoms. The fourth-order valence-corrected chi connectivity index (χ4v) is 2.70. The van der Waals surface area contributed by atoms with Crippen LogP contribution in [0, 0.1) is 0 Å². The van der Waals surface area contributed by atoms with Gasteiger partial charge < -0.3 is 9.09 Å². The van der Waals surface area contributed by atoms with Gasteiger partial charge in [-0.3, -0.25) is 0 Å². The molecule has 1 aromatic carbocycles. The summed E-state index contributed by atoms with van der Waals surface area (Å²) in [6, 6.07) is 6.05. The van der Waals surface area contributed by atoms with Gasteiger partial charge in [-0.25, -0.2) is 4.98 Å². The predicted molar refractivity (Wildman–Crippen MR) is 79.9 cm³/mol. The number of hydrogen-bond donors (Lipinski definition) is 0. The summed E-state index contributed by atoms with van der Waals surface area (Å²) in [5.41, 5.74) is 2.05. The molecule has 104 valence electrons. The second-order valence-corrected chi connectivity index (χ2v) is 5.63. The van der Waals surface area contributed by atoms with Crippen molar-refractivity contribution >= 4 is 38.6 Å². The molecule has 3 aromatic rings. The number of benzene rings is 1. The Morgan fingerprint density at radius 2 is 2.20 bits per heavy atom. The highest BCUT2D eigenvalue weighted by Crippen LogP contribution is 2.22. The molecular formula is C13H12BrClN4O. The quantitative estimate of drug-likeness (QED) is 0.660. The molecule has 0 aliphatic rings. The zero-order chi connectivity index (χ0) is 13.9. The van der Waals surface area contributed by atoms with Gasteiger partial charge in [0.05, 0.1) is 11.0 Å². The van der Waals surface area contributed by atoms with Crippen molar-refractivity contribution in [1.82, 2.24) is 19.7 Å². The van der Waals surface area contributed by atoms with E-state index in [0.29, 0.717) is 18.2 Å². The minimum atomic E-state index is 0.547. The Balaban J connectivity index is 1.96. The molecule has 0 bridgehead atoms. The average Bonchev–Trinajstić information content (AvgIpc) is 3.04. The van der Waals surface area contributed by atoms with Gasteiger partial charge >= 0.3 is 0 Å². The molecular weight excluding hydrogens is 344 g/mol. The second kappa shape index (κ2) is 5.93. The standard InChI is InChI=1S/C13H12BrClN4O/c14-9-1-2-10-11(7-9)19(12(18-10)3-5-15)6-4-13-16-8-17-20-13/h1-2,7-8H,3-6H2. The third-order valence-electron chi connectivity index (χ3n) is 3.06. The summed E-state index contributed by atoms with van der Waals surface area (Å²) in [7, 11) is 0. The first-order valence-electron chi connectivity index (χ1n) is 6.24. The summed E-state index contributed by atoms with van der Waals surface area (Å²) >= 11 is 9.36. The van der Waals surface area contributed by atoms with Gasteiger partial charge in [0.2, 0.25) is 5.89 Å². The summed E-state index contributed by atoms with van der Waals surface area (Å²) in [5.74, 6) is 2.15. The summed E-state index contributed by atoms with van der Waals surface area (Å²) in [6.45, 7) is 0.737. The summed E-state index contributed by atoms with van der Waals surface area (Å²) in [5, 5.41) is 3.62. The largest absolute Gasteiger partial charge is 0.340 e. The molecule has 5 nitrogen and oxygen atoms in total. The lowest BCUT2D eigenvalue weighted by atomic mass is 10.3. The highest BCUT2D eigenvalue weighted by Gasteiger charge is 2.11. The lowest BCUT2D eigenvalue weighted by Gasteiger charge is -2.06. The van der Waals surface area contributed by atoms with Crippen LogP contribution in [0.25, 0.3) is 11.0 Å². The topological polar surface area (TPSA) is 56.7 Å². The van der Waals surface area contributed by atoms with Crippen molar-refractivity contribution in [2.45, 2.75) is 19.4 Å². The molecule has 0 amide bonds. The Morgan fingerprint density at radius 1 is 1.30 bits per heavy atom. The normalized spacial score (nSPS) is 11.3. The van der Waals surface area contributed by atoms with Crippen LogP contribution in [-0.4, -0.2) is 25.6 Å². The molecule has 2 aromatic heterocycles. The molecule has 0 aliphatic carbocycles. The summed E-state index contributed by atoms with van der Waals surface area (Å²) in [6.07, 6.45) is 2.82. The van der Waals surface area contributed by atoms with E-state index in [4.69, 9.17) is 16.1 Å². The Morgan fingerprint density at radius 3 is 2.95 bits per heavy atom. The Kier molecular flexibility index (Phi) is 4.03. The number of aromatic nitrogens is 4. The van der Waals surface area contributed by atoms with Gasteiger partial charge in [0.1, 0.15) is 5.82 Å². The Labute approximate surface area is 129 Å². The minimum absolute atomic E-state index is 0.547. The first-order chi connectivity index (χ1) is 9.78. The molecule has 0 spiro atoms. The van der Waals surface area contributed by atoms with E-state index in [2.05, 4.69) is 41.7 Å². The number of aryl methyl sites for hydroxylation is 3. The van der Waals surface area contributed by atoms with Crippen LogP contribution >= 0.6 is 27.5 Å². The van der Waals surface area contributed by atoms with Crippen LogP contribution in [0.5, 0.6) is 0 Å². The van der Waals surface area contributed by atoms with Crippen LogP contribution in [0.1, 0.15) is 11.7 Å². The van der Waals surface area contributed by atoms with E-state index in [0.717, 1.165) is 34.3 Å². The second-order valence-electron chi connectivity index (χ2n) is 4.34. The van der Waals surface area contributed by atoms with Gasteiger partial charge in [0.25, 0.3) is 0 Å². The third-order valence-corrected chi connectivity index (χ3v) is 3.75. The van der Waals surface area contributed by atoms with E-state index in [1.807, 2.05) is 12.1 Å². The number of hydrogen-bond acceptors (Lipinski definition) is 4. The molecule has 7 heteroatoms. The van der Waals surface area contributed by atoms with Gasteiger partial charge in [-0.05, 0) is 18.2 Å². The molecule has 0 radical (unpaired) electrons. The first-order valence-corrected chi connectivity index (χ1v) is 7.57. The van der Waals surface area contributed by atoms with Crippen molar-refractivity contribution in [3.63, 3.8) is 0 Å². The fourth-order valence-electron chi connectivity index (χ4n) is 2.18. The van der Waals surface area contributed by atoms with Gasteiger partial charge in [-0.15, -0.1) is 11.6 Å². The molecule has 0 fully saturated rings. The number of alkyl halides is 1. The van der Waals surface area contributed by atoms with Crippen molar-refractivity contribution in [3.8, 4) is 0 Å².